The van der Waals surface area contributed by atoms with Crippen LogP contribution in [0.5, 0.6) is 0 Å². The van der Waals surface area contributed by atoms with Gasteiger partial charge in [-0.25, -0.2) is 0 Å². The molecule has 1 aliphatic rings. The first kappa shape index (κ1) is 12.9. The fourth-order valence-corrected chi connectivity index (χ4v) is 2.08. The Bertz CT molecular complexity index is 501. The van der Waals surface area contributed by atoms with Crippen molar-refractivity contribution in [3.05, 3.63) is 33.2 Å². The minimum absolute atomic E-state index is 0.237. The minimum atomic E-state index is -0.273. The zero-order valence-corrected chi connectivity index (χ0v) is 11.0. The van der Waals surface area contributed by atoms with E-state index in [1.807, 2.05) is 6.92 Å². The summed E-state index contributed by atoms with van der Waals surface area (Å²) >= 11 is 0. The van der Waals surface area contributed by atoms with Gasteiger partial charge in [-0.05, 0) is 37.3 Å². The molecule has 0 spiro atoms. The standard InChI is InChI=1S/C14H20N2O2/c1-3-5-9-8-11(13(17)15-10-6-7-10)14(18)16-12(9)4-2/h8,10H,3-7H2,1-2H3,(H,15,17)(H,16,18). The normalized spacial score (nSPS) is 14.6. The Morgan fingerprint density at radius 2 is 2.17 bits per heavy atom. The monoisotopic (exact) mass is 248 g/mol. The van der Waals surface area contributed by atoms with Gasteiger partial charge in [0.2, 0.25) is 0 Å². The van der Waals surface area contributed by atoms with Crippen LogP contribution in [-0.2, 0) is 12.8 Å². The maximum absolute atomic E-state index is 11.9. The fourth-order valence-electron chi connectivity index (χ4n) is 2.08. The van der Waals surface area contributed by atoms with Gasteiger partial charge in [-0.3, -0.25) is 9.59 Å². The number of hydrogen-bond donors (Lipinski definition) is 2. The van der Waals surface area contributed by atoms with Gasteiger partial charge in [0.15, 0.2) is 0 Å². The molecule has 0 unspecified atom stereocenters. The van der Waals surface area contributed by atoms with Gasteiger partial charge in [0.25, 0.3) is 11.5 Å². The Labute approximate surface area is 107 Å². The molecule has 1 aliphatic carbocycles. The van der Waals surface area contributed by atoms with Crippen molar-refractivity contribution in [2.24, 2.45) is 0 Å². The first-order valence-corrected chi connectivity index (χ1v) is 6.71. The Hall–Kier alpha value is -1.58. The molecule has 1 heterocycles. The van der Waals surface area contributed by atoms with Crippen molar-refractivity contribution in [3.63, 3.8) is 0 Å². The largest absolute Gasteiger partial charge is 0.349 e. The lowest BCUT2D eigenvalue weighted by Crippen LogP contribution is -2.31. The number of rotatable bonds is 5. The number of amides is 1. The van der Waals surface area contributed by atoms with Crippen LogP contribution in [0, 0.1) is 0 Å². The number of H-pyrrole nitrogens is 1. The highest BCUT2D eigenvalue weighted by Crippen LogP contribution is 2.19. The molecule has 0 saturated heterocycles. The lowest BCUT2D eigenvalue weighted by atomic mass is 10.0. The van der Waals surface area contributed by atoms with Crippen LogP contribution in [0.4, 0.5) is 0 Å². The average molecular weight is 248 g/mol. The van der Waals surface area contributed by atoms with Crippen molar-refractivity contribution >= 4 is 5.91 Å². The number of aromatic nitrogens is 1. The Morgan fingerprint density at radius 1 is 1.44 bits per heavy atom. The number of nitrogens with one attached hydrogen (secondary N) is 2. The second-order valence-electron chi connectivity index (χ2n) is 4.87. The molecule has 4 heteroatoms. The third-order valence-corrected chi connectivity index (χ3v) is 3.25. The molecule has 2 N–H and O–H groups in total. The molecule has 0 bridgehead atoms. The highest BCUT2D eigenvalue weighted by Gasteiger charge is 2.25. The highest BCUT2D eigenvalue weighted by atomic mass is 16.2. The number of aryl methyl sites for hydroxylation is 2. The number of carbonyl (C=O) groups excluding carboxylic acids is 1. The molecule has 1 saturated carbocycles. The van der Waals surface area contributed by atoms with Crippen molar-refractivity contribution in [2.45, 2.75) is 52.0 Å². The smallest absolute Gasteiger partial charge is 0.261 e. The van der Waals surface area contributed by atoms with Crippen LogP contribution in [0.1, 0.15) is 54.7 Å². The van der Waals surface area contributed by atoms with E-state index in [1.165, 1.54) is 0 Å². The van der Waals surface area contributed by atoms with Crippen LogP contribution in [-0.4, -0.2) is 16.9 Å². The number of carbonyl (C=O) groups is 1. The molecular formula is C14H20N2O2. The summed E-state index contributed by atoms with van der Waals surface area (Å²) in [6.07, 6.45) is 4.73. The van der Waals surface area contributed by atoms with E-state index in [4.69, 9.17) is 0 Å². The van der Waals surface area contributed by atoms with Crippen molar-refractivity contribution in [1.82, 2.24) is 10.3 Å². The van der Waals surface area contributed by atoms with E-state index in [2.05, 4.69) is 17.2 Å². The SMILES string of the molecule is CCCc1cc(C(=O)NC2CC2)c(=O)[nH]c1CC. The molecule has 0 aliphatic heterocycles. The molecule has 0 aromatic carbocycles. The molecule has 0 radical (unpaired) electrons. The van der Waals surface area contributed by atoms with E-state index in [9.17, 15) is 9.59 Å². The Morgan fingerprint density at radius 3 is 2.72 bits per heavy atom. The third-order valence-electron chi connectivity index (χ3n) is 3.25. The number of aromatic amines is 1. The van der Waals surface area contributed by atoms with Crippen LogP contribution in [0.15, 0.2) is 10.9 Å². The summed E-state index contributed by atoms with van der Waals surface area (Å²) in [6, 6.07) is 2.04. The lowest BCUT2D eigenvalue weighted by molar-refractivity contribution is 0.0949. The summed E-state index contributed by atoms with van der Waals surface area (Å²) < 4.78 is 0. The van der Waals surface area contributed by atoms with Gasteiger partial charge in [-0.2, -0.15) is 0 Å². The van der Waals surface area contributed by atoms with Crippen LogP contribution < -0.4 is 10.9 Å². The Kier molecular flexibility index (Phi) is 3.84. The van der Waals surface area contributed by atoms with Gasteiger partial charge in [0.05, 0.1) is 0 Å². The lowest BCUT2D eigenvalue weighted by Gasteiger charge is -2.09. The number of hydrogen-bond acceptors (Lipinski definition) is 2. The minimum Gasteiger partial charge on any atom is -0.349 e. The van der Waals surface area contributed by atoms with E-state index in [-0.39, 0.29) is 23.1 Å². The maximum atomic E-state index is 11.9. The van der Waals surface area contributed by atoms with Crippen molar-refractivity contribution in [2.75, 3.05) is 0 Å². The first-order valence-electron chi connectivity index (χ1n) is 6.71. The topological polar surface area (TPSA) is 62.0 Å². The molecule has 18 heavy (non-hydrogen) atoms. The van der Waals surface area contributed by atoms with Gasteiger partial charge in [0.1, 0.15) is 5.56 Å². The van der Waals surface area contributed by atoms with Gasteiger partial charge in [0, 0.05) is 11.7 Å². The Balaban J connectivity index is 2.30. The molecule has 4 nitrogen and oxygen atoms in total. The molecule has 1 fully saturated rings. The molecule has 1 aromatic heterocycles. The summed E-state index contributed by atoms with van der Waals surface area (Å²) in [4.78, 5) is 26.7. The molecule has 2 rings (SSSR count). The van der Waals surface area contributed by atoms with Crippen molar-refractivity contribution in [1.29, 1.82) is 0 Å². The summed E-state index contributed by atoms with van der Waals surface area (Å²) in [5, 5.41) is 2.86. The molecule has 98 valence electrons. The zero-order valence-electron chi connectivity index (χ0n) is 11.0. The maximum Gasteiger partial charge on any atom is 0.261 e. The second kappa shape index (κ2) is 5.38. The van der Waals surface area contributed by atoms with Crippen LogP contribution in [0.2, 0.25) is 0 Å². The van der Waals surface area contributed by atoms with Crippen molar-refractivity contribution in [3.8, 4) is 0 Å². The van der Waals surface area contributed by atoms with E-state index in [0.717, 1.165) is 43.4 Å². The molecule has 0 atom stereocenters. The van der Waals surface area contributed by atoms with Crippen LogP contribution >= 0.6 is 0 Å². The second-order valence-corrected chi connectivity index (χ2v) is 4.87. The first-order chi connectivity index (χ1) is 8.65. The van der Waals surface area contributed by atoms with Gasteiger partial charge >= 0.3 is 0 Å². The number of pyridine rings is 1. The molecule has 1 aromatic rings. The quantitative estimate of drug-likeness (QED) is 0.834. The fraction of sp³-hybridized carbons (Fsp3) is 0.571. The van der Waals surface area contributed by atoms with E-state index in [1.54, 1.807) is 6.07 Å². The van der Waals surface area contributed by atoms with Crippen LogP contribution in [0.3, 0.4) is 0 Å². The predicted molar refractivity (Wildman–Crippen MR) is 70.9 cm³/mol. The summed E-state index contributed by atoms with van der Waals surface area (Å²) in [7, 11) is 0. The molecular weight excluding hydrogens is 228 g/mol. The average Bonchev–Trinajstić information content (AvgIpc) is 3.14. The van der Waals surface area contributed by atoms with Crippen LogP contribution in [0.25, 0.3) is 0 Å². The van der Waals surface area contributed by atoms with E-state index in [0.29, 0.717) is 0 Å². The highest BCUT2D eigenvalue weighted by molar-refractivity contribution is 5.94. The summed E-state index contributed by atoms with van der Waals surface area (Å²) in [5.41, 5.74) is 2.01. The van der Waals surface area contributed by atoms with Gasteiger partial charge in [-0.15, -0.1) is 0 Å². The summed E-state index contributed by atoms with van der Waals surface area (Å²) in [5.74, 6) is -0.237. The van der Waals surface area contributed by atoms with E-state index >= 15 is 0 Å². The van der Waals surface area contributed by atoms with Gasteiger partial charge in [-0.1, -0.05) is 20.3 Å². The van der Waals surface area contributed by atoms with Gasteiger partial charge < -0.3 is 10.3 Å². The molecule has 1 amide bonds. The predicted octanol–water partition coefficient (Wildman–Crippen LogP) is 1.78. The summed E-state index contributed by atoms with van der Waals surface area (Å²) in [6.45, 7) is 4.10. The van der Waals surface area contributed by atoms with Crippen molar-refractivity contribution < 1.29 is 4.79 Å². The van der Waals surface area contributed by atoms with E-state index < -0.39 is 0 Å². The zero-order chi connectivity index (χ0) is 13.1. The third kappa shape index (κ3) is 2.81.